The molecule has 2 atom stereocenters. The van der Waals surface area contributed by atoms with Gasteiger partial charge in [0.2, 0.25) is 0 Å². The first kappa shape index (κ1) is 25.5. The van der Waals surface area contributed by atoms with Gasteiger partial charge in [-0.1, -0.05) is 36.4 Å². The highest BCUT2D eigenvalue weighted by Crippen LogP contribution is 2.47. The molecule has 1 aliphatic heterocycles. The van der Waals surface area contributed by atoms with E-state index in [1.54, 1.807) is 25.3 Å². The van der Waals surface area contributed by atoms with E-state index >= 15 is 0 Å². The van der Waals surface area contributed by atoms with Crippen molar-refractivity contribution in [1.82, 2.24) is 0 Å². The number of phenols is 1. The first-order chi connectivity index (χ1) is 18.6. The Labute approximate surface area is 227 Å². The smallest absolute Gasteiger partial charge is 0.159 e. The van der Waals surface area contributed by atoms with Crippen LogP contribution in [0.1, 0.15) is 77.3 Å². The van der Waals surface area contributed by atoms with Gasteiger partial charge in [-0.2, -0.15) is 0 Å². The molecule has 200 valence electrons. The lowest BCUT2D eigenvalue weighted by atomic mass is 9.68. The summed E-state index contributed by atoms with van der Waals surface area (Å²) in [4.78, 5) is 2.50. The minimum atomic E-state index is -0.106. The topological polar surface area (TPSA) is 41.9 Å². The molecule has 0 aromatic heterocycles. The van der Waals surface area contributed by atoms with Crippen molar-refractivity contribution in [2.45, 2.75) is 69.5 Å². The van der Waals surface area contributed by atoms with Gasteiger partial charge in [-0.05, 0) is 115 Å². The summed E-state index contributed by atoms with van der Waals surface area (Å²) >= 11 is 0. The lowest BCUT2D eigenvalue weighted by Gasteiger charge is -2.37. The van der Waals surface area contributed by atoms with E-state index in [-0.39, 0.29) is 6.29 Å². The second-order valence-corrected chi connectivity index (χ2v) is 11.5. The minimum Gasteiger partial charge on any atom is -0.508 e. The van der Waals surface area contributed by atoms with Crippen molar-refractivity contribution < 1.29 is 14.6 Å². The zero-order valence-corrected chi connectivity index (χ0v) is 22.9. The molecular formula is C34H41NO3. The fraction of sp³-hybridized carbons (Fsp3) is 0.471. The molecule has 3 aromatic rings. The summed E-state index contributed by atoms with van der Waals surface area (Å²) in [5.41, 5.74) is 9.92. The van der Waals surface area contributed by atoms with Crippen molar-refractivity contribution in [1.29, 1.82) is 0 Å². The van der Waals surface area contributed by atoms with Gasteiger partial charge in [0.25, 0.3) is 0 Å². The molecule has 0 radical (unpaired) electrons. The summed E-state index contributed by atoms with van der Waals surface area (Å²) in [5, 5.41) is 10.2. The van der Waals surface area contributed by atoms with Gasteiger partial charge >= 0.3 is 0 Å². The number of benzene rings is 3. The number of fused-ring (bicyclic) bond motifs is 2. The Balaban J connectivity index is 1.28. The summed E-state index contributed by atoms with van der Waals surface area (Å²) < 4.78 is 11.0. The van der Waals surface area contributed by atoms with Crippen LogP contribution in [0.3, 0.4) is 0 Å². The van der Waals surface area contributed by atoms with Gasteiger partial charge in [-0.25, -0.2) is 0 Å². The molecular weight excluding hydrogens is 470 g/mol. The van der Waals surface area contributed by atoms with Gasteiger partial charge in [0.15, 0.2) is 6.29 Å². The molecule has 0 spiro atoms. The summed E-state index contributed by atoms with van der Waals surface area (Å²) in [6.45, 7) is 2.05. The van der Waals surface area contributed by atoms with Crippen molar-refractivity contribution in [2.24, 2.45) is 5.92 Å². The van der Waals surface area contributed by atoms with Gasteiger partial charge in [0.1, 0.15) is 5.75 Å². The molecule has 1 fully saturated rings. The van der Waals surface area contributed by atoms with Crippen LogP contribution in [-0.2, 0) is 28.7 Å². The number of rotatable bonds is 6. The fourth-order valence-electron chi connectivity index (χ4n) is 7.36. The van der Waals surface area contributed by atoms with E-state index in [0.717, 1.165) is 38.8 Å². The molecule has 0 unspecified atom stereocenters. The van der Waals surface area contributed by atoms with Crippen LogP contribution in [0.4, 0.5) is 5.69 Å². The summed E-state index contributed by atoms with van der Waals surface area (Å²) in [6, 6.07) is 22.7. The molecule has 2 aliphatic carbocycles. The van der Waals surface area contributed by atoms with Crippen LogP contribution in [0.2, 0.25) is 0 Å². The second kappa shape index (κ2) is 11.1. The average Bonchev–Trinajstić information content (AvgIpc) is 2.97. The zero-order valence-electron chi connectivity index (χ0n) is 22.9. The quantitative estimate of drug-likeness (QED) is 0.363. The van der Waals surface area contributed by atoms with Gasteiger partial charge in [-0.15, -0.1) is 0 Å². The van der Waals surface area contributed by atoms with Crippen molar-refractivity contribution >= 4 is 5.69 Å². The molecule has 3 aliphatic rings. The van der Waals surface area contributed by atoms with Crippen LogP contribution in [0.25, 0.3) is 0 Å². The van der Waals surface area contributed by atoms with Crippen LogP contribution in [0, 0.1) is 5.92 Å². The van der Waals surface area contributed by atoms with Crippen molar-refractivity contribution in [3.8, 4) is 5.75 Å². The van der Waals surface area contributed by atoms with Crippen LogP contribution in [0.15, 0.2) is 60.7 Å². The summed E-state index contributed by atoms with van der Waals surface area (Å²) in [5.74, 6) is 1.57. The average molecular weight is 512 g/mol. The first-order valence-corrected chi connectivity index (χ1v) is 14.5. The molecule has 1 saturated heterocycles. The zero-order chi connectivity index (χ0) is 26.1. The van der Waals surface area contributed by atoms with Crippen molar-refractivity contribution in [3.05, 3.63) is 94.0 Å². The van der Waals surface area contributed by atoms with E-state index in [2.05, 4.69) is 53.4 Å². The molecule has 0 amide bonds. The monoisotopic (exact) mass is 511 g/mol. The molecule has 4 heteroatoms. The summed E-state index contributed by atoms with van der Waals surface area (Å²) in [7, 11) is 3.48. The largest absolute Gasteiger partial charge is 0.508 e. The third kappa shape index (κ3) is 4.97. The van der Waals surface area contributed by atoms with E-state index in [9.17, 15) is 5.11 Å². The molecule has 1 N–H and O–H groups in total. The fourth-order valence-corrected chi connectivity index (χ4v) is 7.36. The molecule has 38 heavy (non-hydrogen) atoms. The second-order valence-electron chi connectivity index (χ2n) is 11.5. The highest BCUT2D eigenvalue weighted by Gasteiger charge is 2.33. The predicted octanol–water partition coefficient (Wildman–Crippen LogP) is 6.97. The van der Waals surface area contributed by atoms with E-state index in [0.29, 0.717) is 23.5 Å². The Bertz CT molecular complexity index is 1240. The van der Waals surface area contributed by atoms with Gasteiger partial charge in [0.05, 0.1) is 0 Å². The molecule has 3 aromatic carbocycles. The highest BCUT2D eigenvalue weighted by molar-refractivity contribution is 5.53. The van der Waals surface area contributed by atoms with Crippen LogP contribution < -0.4 is 4.90 Å². The van der Waals surface area contributed by atoms with Crippen LogP contribution in [-0.4, -0.2) is 38.7 Å². The minimum absolute atomic E-state index is 0.106. The van der Waals surface area contributed by atoms with Gasteiger partial charge < -0.3 is 19.5 Å². The van der Waals surface area contributed by atoms with Gasteiger partial charge in [-0.3, -0.25) is 0 Å². The summed E-state index contributed by atoms with van der Waals surface area (Å²) in [6.07, 6.45) is 9.23. The first-order valence-electron chi connectivity index (χ1n) is 14.5. The van der Waals surface area contributed by atoms with E-state index in [1.807, 2.05) is 12.1 Å². The normalized spacial score (nSPS) is 21.8. The van der Waals surface area contributed by atoms with Gasteiger partial charge in [0, 0.05) is 44.8 Å². The van der Waals surface area contributed by atoms with E-state index in [1.165, 1.54) is 53.6 Å². The third-order valence-corrected chi connectivity index (χ3v) is 9.40. The molecule has 1 heterocycles. The standard InChI is InChI=1S/C34H41NO3/c1-37-34(38-2)25-17-19-35(20-18-25)29-12-9-24(10-13-29)33-31(15-11-28-22-30(36)14-16-32(28)33)27-8-7-23-5-3-4-6-26(23)21-27/h7-10,12-14,16,21-22,25,31,33-34,36H,3-6,11,15,17-20H2,1-2H3/t31-,33+/m1/s1. The number of anilines is 1. The molecule has 0 bridgehead atoms. The molecule has 6 rings (SSSR count). The Hall–Kier alpha value is -2.82. The number of methoxy groups -OCH3 is 2. The van der Waals surface area contributed by atoms with E-state index in [4.69, 9.17) is 9.47 Å². The Morgan fingerprint density at radius 1 is 0.737 bits per heavy atom. The van der Waals surface area contributed by atoms with Crippen molar-refractivity contribution in [2.75, 3.05) is 32.2 Å². The number of piperidine rings is 1. The van der Waals surface area contributed by atoms with Crippen LogP contribution >= 0.6 is 0 Å². The number of phenolic OH excluding ortho intramolecular Hbond substituents is 1. The number of hydrogen-bond donors (Lipinski definition) is 1. The molecule has 4 nitrogen and oxygen atoms in total. The van der Waals surface area contributed by atoms with Crippen molar-refractivity contribution in [3.63, 3.8) is 0 Å². The third-order valence-electron chi connectivity index (χ3n) is 9.40. The highest BCUT2D eigenvalue weighted by atomic mass is 16.7. The number of aromatic hydroxyl groups is 1. The maximum Gasteiger partial charge on any atom is 0.159 e. The number of hydrogen-bond acceptors (Lipinski definition) is 4. The SMILES string of the molecule is COC(OC)C1CCN(c2ccc([C@@H]3c4ccc(O)cc4CC[C@@H]3c3ccc4c(c3)CCCC4)cc2)CC1. The number of ether oxygens (including phenoxy) is 2. The Morgan fingerprint density at radius 2 is 1.45 bits per heavy atom. The Kier molecular flexibility index (Phi) is 7.45. The number of aryl methyl sites for hydroxylation is 3. The van der Waals surface area contributed by atoms with E-state index < -0.39 is 0 Å². The maximum atomic E-state index is 10.2. The van der Waals surface area contributed by atoms with Crippen LogP contribution in [0.5, 0.6) is 5.75 Å². The lowest BCUT2D eigenvalue weighted by Crippen LogP contribution is -2.39. The Morgan fingerprint density at radius 3 is 2.18 bits per heavy atom. The number of nitrogens with zero attached hydrogens (tertiary/aromatic N) is 1. The predicted molar refractivity (Wildman–Crippen MR) is 153 cm³/mol. The molecule has 0 saturated carbocycles. The lowest BCUT2D eigenvalue weighted by molar-refractivity contribution is -0.141. The maximum absolute atomic E-state index is 10.2.